The second-order valence-corrected chi connectivity index (χ2v) is 8.53. The molecule has 1 saturated carbocycles. The van der Waals surface area contributed by atoms with Crippen molar-refractivity contribution in [1.29, 1.82) is 0 Å². The first-order valence-corrected chi connectivity index (χ1v) is 11.7. The third-order valence-electron chi connectivity index (χ3n) is 5.49. The summed E-state index contributed by atoms with van der Waals surface area (Å²) in [5.74, 6) is 2.96. The van der Waals surface area contributed by atoms with Gasteiger partial charge in [-0.3, -0.25) is 0 Å². The zero-order valence-electron chi connectivity index (χ0n) is 17.5. The van der Waals surface area contributed by atoms with Gasteiger partial charge in [-0.05, 0) is 37.1 Å². The lowest BCUT2D eigenvalue weighted by Gasteiger charge is -2.28. The Morgan fingerprint density at radius 2 is 1.87 bits per heavy atom. The minimum absolute atomic E-state index is 0. The Morgan fingerprint density at radius 1 is 1.06 bits per heavy atom. The van der Waals surface area contributed by atoms with Crippen LogP contribution in [-0.2, 0) is 0 Å². The van der Waals surface area contributed by atoms with Crippen LogP contribution in [0.4, 0.5) is 23.3 Å². The number of thioether (sulfide) groups is 1. The normalized spacial score (nSPS) is 16.1. The number of halogens is 1. The molecule has 1 aliphatic heterocycles. The third-order valence-corrected chi connectivity index (χ3v) is 6.28. The van der Waals surface area contributed by atoms with E-state index >= 15 is 0 Å². The largest absolute Gasteiger partial charge is 0.368 e. The highest BCUT2D eigenvalue weighted by molar-refractivity contribution is 7.98. The van der Waals surface area contributed by atoms with Crippen molar-refractivity contribution < 1.29 is 0 Å². The molecule has 1 saturated heterocycles. The van der Waals surface area contributed by atoms with Gasteiger partial charge in [-0.15, -0.1) is 24.2 Å². The van der Waals surface area contributed by atoms with Gasteiger partial charge >= 0.3 is 0 Å². The second-order valence-electron chi connectivity index (χ2n) is 7.68. The second kappa shape index (κ2) is 9.84. The van der Waals surface area contributed by atoms with E-state index < -0.39 is 0 Å². The first-order chi connectivity index (χ1) is 14.8. The van der Waals surface area contributed by atoms with E-state index in [0.29, 0.717) is 5.82 Å². The van der Waals surface area contributed by atoms with Crippen LogP contribution in [0.3, 0.4) is 0 Å². The number of aromatic nitrogens is 4. The molecule has 164 valence electrons. The lowest BCUT2D eigenvalue weighted by molar-refractivity contribution is 0.581. The molecule has 10 heteroatoms. The first kappa shape index (κ1) is 21.9. The third kappa shape index (κ3) is 4.94. The molecule has 0 unspecified atom stereocenters. The number of anilines is 4. The Morgan fingerprint density at radius 3 is 2.65 bits per heavy atom. The maximum atomic E-state index is 4.90. The molecule has 31 heavy (non-hydrogen) atoms. The van der Waals surface area contributed by atoms with Gasteiger partial charge in [-0.2, -0.15) is 4.98 Å². The van der Waals surface area contributed by atoms with Gasteiger partial charge in [0.15, 0.2) is 11.6 Å². The lowest BCUT2D eigenvalue weighted by atomic mass is 10.3. The van der Waals surface area contributed by atoms with Crippen molar-refractivity contribution in [3.63, 3.8) is 0 Å². The highest BCUT2D eigenvalue weighted by Crippen LogP contribution is 2.33. The summed E-state index contributed by atoms with van der Waals surface area (Å²) >= 11 is 1.70. The molecular weight excluding hydrogens is 432 g/mol. The zero-order valence-corrected chi connectivity index (χ0v) is 19.1. The summed E-state index contributed by atoms with van der Waals surface area (Å²) in [7, 11) is 0. The average Bonchev–Trinajstić information content (AvgIpc) is 3.63. The van der Waals surface area contributed by atoms with Crippen molar-refractivity contribution in [2.45, 2.75) is 17.7 Å². The Labute approximate surface area is 192 Å². The summed E-state index contributed by atoms with van der Waals surface area (Å²) in [4.78, 5) is 22.2. The molecule has 5 rings (SSSR count). The molecule has 0 amide bonds. The van der Waals surface area contributed by atoms with Gasteiger partial charge in [0.2, 0.25) is 5.95 Å². The van der Waals surface area contributed by atoms with Crippen molar-refractivity contribution in [3.8, 4) is 0 Å². The summed E-state index contributed by atoms with van der Waals surface area (Å²) in [6, 6.07) is 8.24. The van der Waals surface area contributed by atoms with Gasteiger partial charge in [0, 0.05) is 37.6 Å². The Balaban J connectivity index is 0.00000231. The van der Waals surface area contributed by atoms with Crippen LogP contribution in [0.2, 0.25) is 0 Å². The predicted molar refractivity (Wildman–Crippen MR) is 130 cm³/mol. The summed E-state index contributed by atoms with van der Waals surface area (Å²) in [5, 5.41) is 10.4. The fraction of sp³-hybridized carbons (Fsp3) is 0.429. The van der Waals surface area contributed by atoms with Crippen molar-refractivity contribution >= 4 is 58.5 Å². The van der Waals surface area contributed by atoms with E-state index in [0.717, 1.165) is 72.0 Å². The predicted octanol–water partition coefficient (Wildman–Crippen LogP) is 3.54. The summed E-state index contributed by atoms with van der Waals surface area (Å²) in [5.41, 5.74) is 2.52. The molecule has 2 aliphatic rings. The Kier molecular flexibility index (Phi) is 6.94. The molecule has 3 heterocycles. The zero-order chi connectivity index (χ0) is 20.3. The van der Waals surface area contributed by atoms with E-state index in [1.54, 1.807) is 18.1 Å². The summed E-state index contributed by atoms with van der Waals surface area (Å²) < 4.78 is 0. The maximum absolute atomic E-state index is 4.90. The number of benzene rings is 1. The fourth-order valence-corrected chi connectivity index (χ4v) is 4.15. The van der Waals surface area contributed by atoms with Crippen LogP contribution in [-0.4, -0.2) is 58.9 Å². The molecule has 2 aromatic heterocycles. The number of hydrogen-bond acceptors (Lipinski definition) is 9. The van der Waals surface area contributed by atoms with Crippen LogP contribution >= 0.6 is 24.2 Å². The molecule has 3 N–H and O–H groups in total. The Hall–Kier alpha value is -2.36. The summed E-state index contributed by atoms with van der Waals surface area (Å²) in [6.45, 7) is 4.54. The maximum Gasteiger partial charge on any atom is 0.228 e. The quantitative estimate of drug-likeness (QED) is 0.460. The minimum Gasteiger partial charge on any atom is -0.368 e. The first-order valence-electron chi connectivity index (χ1n) is 10.4. The summed E-state index contributed by atoms with van der Waals surface area (Å²) in [6.07, 6.45) is 6.24. The number of nitrogens with one attached hydrogen (secondary N) is 3. The van der Waals surface area contributed by atoms with Gasteiger partial charge in [-0.25, -0.2) is 15.0 Å². The average molecular weight is 459 g/mol. The standard InChI is InChI=1S/C21H26N8S.ClH/c1-30-16-5-3-2-4-15(16)26-20-17-18(19(25-13-24-17)23-12-14-6-7-14)27-21(28-20)29-10-8-22-9-11-29;/h2-5,13-14,22H,6-12H2,1H3,(H,23,24,25)(H,26,27,28);1H. The van der Waals surface area contributed by atoms with Crippen LogP contribution in [0.25, 0.3) is 11.0 Å². The van der Waals surface area contributed by atoms with E-state index in [1.165, 1.54) is 12.8 Å². The van der Waals surface area contributed by atoms with Gasteiger partial charge in [0.05, 0.1) is 5.69 Å². The van der Waals surface area contributed by atoms with Crippen molar-refractivity contribution in [2.24, 2.45) is 5.92 Å². The number of piperazine rings is 1. The smallest absolute Gasteiger partial charge is 0.228 e. The molecule has 1 aliphatic carbocycles. The number of hydrogen-bond donors (Lipinski definition) is 3. The van der Waals surface area contributed by atoms with E-state index in [4.69, 9.17) is 9.97 Å². The molecule has 0 spiro atoms. The lowest BCUT2D eigenvalue weighted by Crippen LogP contribution is -2.44. The van der Waals surface area contributed by atoms with Gasteiger partial charge in [0.1, 0.15) is 17.4 Å². The number of rotatable bonds is 7. The minimum atomic E-state index is 0. The van der Waals surface area contributed by atoms with E-state index in [1.807, 2.05) is 12.1 Å². The fourth-order valence-electron chi connectivity index (χ4n) is 3.60. The molecule has 3 aromatic rings. The highest BCUT2D eigenvalue weighted by Gasteiger charge is 2.23. The van der Waals surface area contributed by atoms with Crippen molar-refractivity contribution in [3.05, 3.63) is 30.6 Å². The molecule has 2 fully saturated rings. The number of fused-ring (bicyclic) bond motifs is 1. The topological polar surface area (TPSA) is 90.9 Å². The van der Waals surface area contributed by atoms with Crippen LogP contribution in [0.5, 0.6) is 0 Å². The monoisotopic (exact) mass is 458 g/mol. The van der Waals surface area contributed by atoms with E-state index in [9.17, 15) is 0 Å². The van der Waals surface area contributed by atoms with Crippen molar-refractivity contribution in [1.82, 2.24) is 25.3 Å². The van der Waals surface area contributed by atoms with Crippen LogP contribution in [0.1, 0.15) is 12.8 Å². The van der Waals surface area contributed by atoms with Gasteiger partial charge in [-0.1, -0.05) is 12.1 Å². The van der Waals surface area contributed by atoms with Crippen molar-refractivity contribution in [2.75, 3.05) is 54.5 Å². The molecule has 0 atom stereocenters. The van der Waals surface area contributed by atoms with Crippen LogP contribution < -0.4 is 20.9 Å². The highest BCUT2D eigenvalue weighted by atomic mass is 35.5. The van der Waals surface area contributed by atoms with Crippen LogP contribution in [0.15, 0.2) is 35.5 Å². The van der Waals surface area contributed by atoms with E-state index in [-0.39, 0.29) is 12.4 Å². The van der Waals surface area contributed by atoms with Gasteiger partial charge < -0.3 is 20.9 Å². The van der Waals surface area contributed by atoms with Gasteiger partial charge in [0.25, 0.3) is 0 Å². The molecular formula is C21H27ClN8S. The molecule has 1 aromatic carbocycles. The molecule has 0 bridgehead atoms. The van der Waals surface area contributed by atoms with Crippen LogP contribution in [0, 0.1) is 5.92 Å². The SMILES string of the molecule is CSc1ccccc1Nc1nc(N2CCNCC2)nc2c(NCC3CC3)ncnc12.Cl. The molecule has 8 nitrogen and oxygen atoms in total. The Bertz CT molecular complexity index is 1040. The number of nitrogens with zero attached hydrogens (tertiary/aromatic N) is 5. The number of para-hydroxylation sites is 1. The van der Waals surface area contributed by atoms with E-state index in [2.05, 4.69) is 49.2 Å². The molecule has 0 radical (unpaired) electrons.